The number of ether oxygens (including phenoxy) is 2. The minimum atomic E-state index is -1.72. The van der Waals surface area contributed by atoms with Crippen LogP contribution < -0.4 is 9.47 Å². The molecule has 12 aliphatic rings. The summed E-state index contributed by atoms with van der Waals surface area (Å²) >= 11 is 2.01. The average molecular weight is 1360 g/mol. The van der Waals surface area contributed by atoms with Crippen LogP contribution in [0.1, 0.15) is 125 Å². The lowest BCUT2D eigenvalue weighted by atomic mass is 9.64. The lowest BCUT2D eigenvalue weighted by molar-refractivity contribution is 0.210. The van der Waals surface area contributed by atoms with Gasteiger partial charge in [0.15, 0.2) is 6.17 Å². The van der Waals surface area contributed by atoms with Gasteiger partial charge in [0.25, 0.3) is 0 Å². The fourth-order valence-electron chi connectivity index (χ4n) is 18.8. The van der Waals surface area contributed by atoms with Gasteiger partial charge in [-0.05, 0) is 295 Å². The highest BCUT2D eigenvalue weighted by molar-refractivity contribution is 8.01. The number of halogens is 5. The highest BCUT2D eigenvalue weighted by Crippen LogP contribution is 2.63. The molecule has 1 heterocycles. The molecule has 508 valence electrons. The van der Waals surface area contributed by atoms with Gasteiger partial charge in [-0.3, -0.25) is 0 Å². The zero-order chi connectivity index (χ0) is 68.7. The molecule has 10 atom stereocenters. The number of allylic oxidation sites excluding steroid dienone is 26. The first kappa shape index (κ1) is 65.0. The second kappa shape index (κ2) is 26.5. The van der Waals surface area contributed by atoms with Gasteiger partial charge in [-0.1, -0.05) is 128 Å². The van der Waals surface area contributed by atoms with E-state index in [1.165, 1.54) is 50.8 Å². The molecule has 10 heteroatoms. The van der Waals surface area contributed by atoms with Gasteiger partial charge in [-0.25, -0.2) is 22.0 Å². The van der Waals surface area contributed by atoms with Crippen LogP contribution >= 0.6 is 11.8 Å². The molecule has 0 amide bonds. The van der Waals surface area contributed by atoms with E-state index in [1.807, 2.05) is 104 Å². The number of nitrogens with zero attached hydrogens (tertiary/aromatic N) is 2. The molecular weight excluding hydrogens is 1280 g/mol. The minimum Gasteiger partial charge on any atom is -0.458 e. The van der Waals surface area contributed by atoms with E-state index in [-0.39, 0.29) is 64.2 Å². The van der Waals surface area contributed by atoms with Gasteiger partial charge in [0.2, 0.25) is 0 Å². The van der Waals surface area contributed by atoms with Gasteiger partial charge in [0.1, 0.15) is 46.3 Å². The summed E-state index contributed by atoms with van der Waals surface area (Å²) in [6.07, 6.45) is 47.5. The summed E-state index contributed by atoms with van der Waals surface area (Å²) < 4.78 is 90.4. The first-order valence-corrected chi connectivity index (χ1v) is 37.2. The van der Waals surface area contributed by atoms with Crippen molar-refractivity contribution in [2.45, 2.75) is 136 Å². The lowest BCUT2D eigenvalue weighted by Gasteiger charge is -2.45. The van der Waals surface area contributed by atoms with Gasteiger partial charge in [0.05, 0.1) is 16.9 Å². The fraction of sp³-hybridized carbons (Fsp3) is 0.275. The van der Waals surface area contributed by atoms with Crippen LogP contribution in [0.4, 0.5) is 22.0 Å². The quantitative estimate of drug-likeness (QED) is 0.0724. The average Bonchev–Trinajstić information content (AvgIpc) is 1.56. The van der Waals surface area contributed by atoms with Gasteiger partial charge >= 0.3 is 0 Å². The Kier molecular flexibility index (Phi) is 17.1. The first-order valence-electron chi connectivity index (χ1n) is 36.3. The topological polar surface area (TPSA) is 24.9 Å². The monoisotopic (exact) mass is 1360 g/mol. The van der Waals surface area contributed by atoms with Crippen LogP contribution in [0.25, 0.3) is 6.08 Å². The molecule has 1 saturated heterocycles. The molecule has 17 rings (SSSR count). The zero-order valence-electron chi connectivity index (χ0n) is 56.9. The third-order valence-electron chi connectivity index (χ3n) is 23.5. The Bertz CT molecular complexity index is 4770. The lowest BCUT2D eigenvalue weighted by Crippen LogP contribution is -2.45. The number of rotatable bonds is 16. The first-order chi connectivity index (χ1) is 49.3. The van der Waals surface area contributed by atoms with Crippen molar-refractivity contribution in [3.63, 3.8) is 0 Å². The summed E-state index contributed by atoms with van der Waals surface area (Å²) in [5.41, 5.74) is 18.5. The SMILES string of the molecule is C=Cc1ccc(Oc2ccc(C3(c4ccc(F)cc4)C4=C(CCC(N(C5C=CC(F)=C(C)C5)C5C=CC6C(C5)SC5C=C(N(C7=CCC(F)C(F)=C7)C7=CC8=C(CC7)C7=C(CCC=C7)C8(c7ccc(F)cc7)c7ccc(OC8=CCC(C=C)C=C8)cc7)C=CC56)=C4)C4=C3CCCC4)cc2)cc1. The number of hydrogen-bond acceptors (Lipinski definition) is 5. The zero-order valence-corrected chi connectivity index (χ0v) is 57.7. The van der Waals surface area contributed by atoms with Crippen LogP contribution in [-0.4, -0.2) is 38.6 Å². The van der Waals surface area contributed by atoms with E-state index in [4.69, 9.17) is 9.47 Å². The smallest absolute Gasteiger partial charge is 0.155 e. The van der Waals surface area contributed by atoms with E-state index in [0.29, 0.717) is 30.7 Å². The summed E-state index contributed by atoms with van der Waals surface area (Å²) in [6, 6.07) is 38.9. The summed E-state index contributed by atoms with van der Waals surface area (Å²) in [5.74, 6) is 2.10. The second-order valence-electron chi connectivity index (χ2n) is 29.0. The van der Waals surface area contributed by atoms with Crippen molar-refractivity contribution in [2.75, 3.05) is 0 Å². The highest BCUT2D eigenvalue weighted by atomic mass is 32.2. The molecule has 10 unspecified atom stereocenters. The molecule has 4 nitrogen and oxygen atoms in total. The van der Waals surface area contributed by atoms with Crippen molar-refractivity contribution in [1.82, 2.24) is 9.80 Å². The highest BCUT2D eigenvalue weighted by Gasteiger charge is 2.53. The Morgan fingerprint density at radius 2 is 1.20 bits per heavy atom. The number of benzene rings is 5. The predicted octanol–water partition coefficient (Wildman–Crippen LogP) is 23.3. The molecule has 5 aromatic rings. The maximum Gasteiger partial charge on any atom is 0.155 e. The summed E-state index contributed by atoms with van der Waals surface area (Å²) in [6.45, 7) is 9.81. The van der Waals surface area contributed by atoms with Crippen LogP contribution in [0.3, 0.4) is 0 Å². The van der Waals surface area contributed by atoms with Gasteiger partial charge in [-0.15, -0.1) is 18.3 Å². The number of hydrogen-bond donors (Lipinski definition) is 0. The molecule has 0 N–H and O–H groups in total. The third kappa shape index (κ3) is 11.3. The maximum absolute atomic E-state index is 16.0. The third-order valence-corrected chi connectivity index (χ3v) is 25.1. The fourth-order valence-corrected chi connectivity index (χ4v) is 20.6. The van der Waals surface area contributed by atoms with E-state index < -0.39 is 22.8 Å². The number of thioether (sulfide) groups is 1. The van der Waals surface area contributed by atoms with E-state index in [9.17, 15) is 0 Å². The van der Waals surface area contributed by atoms with Crippen molar-refractivity contribution < 1.29 is 31.4 Å². The van der Waals surface area contributed by atoms with Crippen LogP contribution in [-0.2, 0) is 10.8 Å². The van der Waals surface area contributed by atoms with Crippen LogP contribution in [0.2, 0.25) is 0 Å². The standard InChI is InChI=1S/C91H81F5N2O2S/c1-4-57-14-36-71(37-15-57)99-73-40-22-61(23-41-73)90(59-18-26-63(92)27-19-59)81-12-8-6-10-75(81)77-44-30-66(51-83(77)90)97(65-34-48-85(94)56(3)50-65)69-32-46-79-80-47-33-70(55-89(80)101-88(79)54-69)98(68-35-49-86(95)87(96)53-68)67-31-45-78-76-11-7-9-13-82(76)91(84(78)52-67,60-20-28-64(93)29-21-60)62-24-42-74(43-25-62)100-72-38-16-58(5-2)17-39-72/h4-5,7,11,14-16,18-29,32-43,46-48,51-53,55,58,65,69,79-80,86,88-89H,1-2,6,8-10,12-13,17,30-31,44-45,49-50,54H2,3H3. The van der Waals surface area contributed by atoms with Gasteiger partial charge < -0.3 is 19.3 Å². The minimum absolute atomic E-state index is 0.0159. The Labute approximate surface area is 594 Å². The van der Waals surface area contributed by atoms with Crippen LogP contribution in [0.5, 0.6) is 17.2 Å². The molecule has 101 heavy (non-hydrogen) atoms. The Morgan fingerprint density at radius 3 is 1.87 bits per heavy atom. The molecule has 0 saturated carbocycles. The Morgan fingerprint density at radius 1 is 0.554 bits per heavy atom. The second-order valence-corrected chi connectivity index (χ2v) is 30.4. The molecule has 0 bridgehead atoms. The summed E-state index contributed by atoms with van der Waals surface area (Å²) in [4.78, 5) is 4.83. The predicted molar refractivity (Wildman–Crippen MR) is 398 cm³/mol. The van der Waals surface area contributed by atoms with Gasteiger partial charge in [-0.2, -0.15) is 0 Å². The van der Waals surface area contributed by atoms with Crippen molar-refractivity contribution in [1.29, 1.82) is 0 Å². The van der Waals surface area contributed by atoms with E-state index >= 15 is 22.0 Å². The van der Waals surface area contributed by atoms with Crippen LogP contribution in [0, 0.1) is 29.4 Å². The number of fused-ring (bicyclic) bond motifs is 5. The maximum atomic E-state index is 16.0. The molecule has 1 aliphatic heterocycles. The van der Waals surface area contributed by atoms with Crippen LogP contribution in [0.15, 0.2) is 328 Å². The summed E-state index contributed by atoms with van der Waals surface area (Å²) in [7, 11) is 0. The van der Waals surface area contributed by atoms with Crippen molar-refractivity contribution in [3.8, 4) is 17.2 Å². The molecule has 0 spiro atoms. The number of alkyl halides is 1. The van der Waals surface area contributed by atoms with E-state index in [2.05, 4.69) is 132 Å². The Hall–Kier alpha value is -9.38. The normalized spacial score (nSPS) is 28.4. The van der Waals surface area contributed by atoms with Gasteiger partial charge in [0, 0.05) is 45.8 Å². The Balaban J connectivity index is 0.712. The van der Waals surface area contributed by atoms with E-state index in [0.717, 1.165) is 132 Å². The molecule has 11 aliphatic carbocycles. The molecule has 5 aromatic carbocycles. The van der Waals surface area contributed by atoms with Crippen molar-refractivity contribution in [2.24, 2.45) is 17.8 Å². The largest absolute Gasteiger partial charge is 0.458 e. The summed E-state index contributed by atoms with van der Waals surface area (Å²) in [5, 5.41) is 0.300. The van der Waals surface area contributed by atoms with Crippen molar-refractivity contribution >= 4 is 17.8 Å². The molecule has 0 radical (unpaired) electrons. The molecular formula is C91H81F5N2O2S. The molecule has 0 aromatic heterocycles. The molecule has 1 fully saturated rings. The van der Waals surface area contributed by atoms with Crippen molar-refractivity contribution in [3.05, 3.63) is 368 Å². The van der Waals surface area contributed by atoms with E-state index in [1.54, 1.807) is 30.3 Å².